The zero-order valence-electron chi connectivity index (χ0n) is 18.6. The van der Waals surface area contributed by atoms with Crippen LogP contribution < -0.4 is 5.32 Å². The summed E-state index contributed by atoms with van der Waals surface area (Å²) >= 11 is 1.30. The Bertz CT molecular complexity index is 1050. The maximum Gasteiger partial charge on any atom is 0.231 e. The van der Waals surface area contributed by atoms with Gasteiger partial charge in [-0.25, -0.2) is 0 Å². The molecule has 1 N–H and O–H groups in total. The molecule has 0 bridgehead atoms. The minimum absolute atomic E-state index is 0.0720. The third-order valence-corrected chi connectivity index (χ3v) is 5.92. The van der Waals surface area contributed by atoms with Crippen LogP contribution in [0.2, 0.25) is 0 Å². The van der Waals surface area contributed by atoms with E-state index in [1.54, 1.807) is 7.11 Å². The van der Waals surface area contributed by atoms with E-state index in [0.29, 0.717) is 24.7 Å². The van der Waals surface area contributed by atoms with Crippen molar-refractivity contribution in [1.29, 1.82) is 0 Å². The Morgan fingerprint density at radius 2 is 1.91 bits per heavy atom. The Kier molecular flexibility index (Phi) is 8.58. The van der Waals surface area contributed by atoms with Gasteiger partial charge >= 0.3 is 0 Å². The lowest BCUT2D eigenvalue weighted by molar-refractivity contribution is -0.125. The Balaban J connectivity index is 1.68. The molecule has 0 spiro atoms. The van der Waals surface area contributed by atoms with E-state index in [9.17, 15) is 9.59 Å². The largest absolute Gasteiger partial charge is 0.383 e. The van der Waals surface area contributed by atoms with E-state index in [1.165, 1.54) is 18.7 Å². The molecule has 0 saturated carbocycles. The van der Waals surface area contributed by atoms with E-state index in [0.717, 1.165) is 22.5 Å². The van der Waals surface area contributed by atoms with Gasteiger partial charge in [-0.2, -0.15) is 0 Å². The van der Waals surface area contributed by atoms with E-state index in [-0.39, 0.29) is 17.4 Å². The smallest absolute Gasteiger partial charge is 0.231 e. The number of hydrogen-bond donors (Lipinski definition) is 1. The summed E-state index contributed by atoms with van der Waals surface area (Å²) in [7, 11) is 1.64. The summed E-state index contributed by atoms with van der Waals surface area (Å²) in [5.74, 6) is 0.582. The Hall–Kier alpha value is -2.97. The molecule has 3 rings (SSSR count). The standard InChI is InChI=1S/C24H28N4O3S/c1-17-8-7-11-20(14-17)23-26-27-24(28(23)12-13-31-3)32-16-22(30)25-21(18(2)29)15-19-9-5-4-6-10-19/h4-11,14,21H,12-13,15-16H2,1-3H3,(H,25,30). The van der Waals surface area contributed by atoms with Crippen molar-refractivity contribution in [2.45, 2.75) is 38.0 Å². The molecule has 3 aromatic rings. The molecule has 0 aliphatic carbocycles. The van der Waals surface area contributed by atoms with Gasteiger partial charge in [0.2, 0.25) is 5.91 Å². The number of methoxy groups -OCH3 is 1. The van der Waals surface area contributed by atoms with Crippen molar-refractivity contribution in [2.24, 2.45) is 0 Å². The molecule has 168 valence electrons. The molecular formula is C24H28N4O3S. The number of ketones is 1. The molecule has 0 aliphatic rings. The van der Waals surface area contributed by atoms with Gasteiger partial charge in [0.1, 0.15) is 0 Å². The highest BCUT2D eigenvalue weighted by Crippen LogP contribution is 2.24. The van der Waals surface area contributed by atoms with Gasteiger partial charge in [0.15, 0.2) is 16.8 Å². The number of benzene rings is 2. The molecule has 2 aromatic carbocycles. The third-order valence-electron chi connectivity index (χ3n) is 4.95. The average Bonchev–Trinajstić information content (AvgIpc) is 3.19. The van der Waals surface area contributed by atoms with Crippen LogP contribution in [0.25, 0.3) is 11.4 Å². The van der Waals surface area contributed by atoms with Crippen LogP contribution in [0, 0.1) is 6.92 Å². The van der Waals surface area contributed by atoms with Crippen LogP contribution in [0.3, 0.4) is 0 Å². The van der Waals surface area contributed by atoms with Crippen molar-refractivity contribution in [3.05, 3.63) is 65.7 Å². The molecule has 0 fully saturated rings. The second-order valence-corrected chi connectivity index (χ2v) is 8.47. The van der Waals surface area contributed by atoms with Crippen LogP contribution >= 0.6 is 11.8 Å². The third kappa shape index (κ3) is 6.51. The van der Waals surface area contributed by atoms with Crippen LogP contribution in [0.1, 0.15) is 18.1 Å². The number of aromatic nitrogens is 3. The lowest BCUT2D eigenvalue weighted by Gasteiger charge is -2.16. The van der Waals surface area contributed by atoms with E-state index < -0.39 is 6.04 Å². The van der Waals surface area contributed by atoms with E-state index in [4.69, 9.17) is 4.74 Å². The summed E-state index contributed by atoms with van der Waals surface area (Å²) in [4.78, 5) is 24.7. The van der Waals surface area contributed by atoms with Gasteiger partial charge in [0.25, 0.3) is 0 Å². The number of hydrogen-bond acceptors (Lipinski definition) is 6. The number of rotatable bonds is 11. The summed E-state index contributed by atoms with van der Waals surface area (Å²) in [5.41, 5.74) is 3.10. The summed E-state index contributed by atoms with van der Waals surface area (Å²) < 4.78 is 7.20. The molecule has 1 atom stereocenters. The lowest BCUT2D eigenvalue weighted by Crippen LogP contribution is -2.42. The predicted octanol–water partition coefficient (Wildman–Crippen LogP) is 3.31. The number of Topliss-reactive ketones (excluding diaryl/α,β-unsaturated/α-hetero) is 1. The molecule has 1 amide bonds. The number of carbonyl (C=O) groups is 2. The number of nitrogens with one attached hydrogen (secondary N) is 1. The van der Waals surface area contributed by atoms with Crippen molar-refractivity contribution in [1.82, 2.24) is 20.1 Å². The highest BCUT2D eigenvalue weighted by atomic mass is 32.2. The number of ether oxygens (including phenoxy) is 1. The van der Waals surface area contributed by atoms with Crippen molar-refractivity contribution >= 4 is 23.5 Å². The second-order valence-electron chi connectivity index (χ2n) is 7.53. The molecule has 1 heterocycles. The first-order chi connectivity index (χ1) is 15.5. The molecule has 32 heavy (non-hydrogen) atoms. The zero-order valence-corrected chi connectivity index (χ0v) is 19.4. The average molecular weight is 453 g/mol. The zero-order chi connectivity index (χ0) is 22.9. The van der Waals surface area contributed by atoms with Crippen LogP contribution in [-0.2, 0) is 27.3 Å². The number of amides is 1. The first kappa shape index (κ1) is 23.7. The number of aryl methyl sites for hydroxylation is 1. The molecule has 0 aliphatic heterocycles. The van der Waals surface area contributed by atoms with Crippen LogP contribution in [-0.4, -0.2) is 52.0 Å². The lowest BCUT2D eigenvalue weighted by atomic mass is 10.0. The Morgan fingerprint density at radius 3 is 2.59 bits per heavy atom. The fourth-order valence-electron chi connectivity index (χ4n) is 3.29. The van der Waals surface area contributed by atoms with Gasteiger partial charge in [0, 0.05) is 12.7 Å². The molecule has 1 unspecified atom stereocenters. The van der Waals surface area contributed by atoms with E-state index in [1.807, 2.05) is 60.0 Å². The summed E-state index contributed by atoms with van der Waals surface area (Å²) in [6.45, 7) is 4.59. The second kappa shape index (κ2) is 11.6. The minimum Gasteiger partial charge on any atom is -0.383 e. The maximum absolute atomic E-state index is 12.6. The summed E-state index contributed by atoms with van der Waals surface area (Å²) in [6, 6.07) is 17.1. The molecule has 0 radical (unpaired) electrons. The number of nitrogens with zero attached hydrogens (tertiary/aromatic N) is 3. The van der Waals surface area contributed by atoms with Gasteiger partial charge in [-0.05, 0) is 31.9 Å². The van der Waals surface area contributed by atoms with E-state index in [2.05, 4.69) is 21.6 Å². The SMILES string of the molecule is COCCn1c(SCC(=O)NC(Cc2ccccc2)C(C)=O)nnc1-c1cccc(C)c1. The Morgan fingerprint density at radius 1 is 1.12 bits per heavy atom. The number of thioether (sulfide) groups is 1. The molecular weight excluding hydrogens is 424 g/mol. The molecule has 7 nitrogen and oxygen atoms in total. The molecule has 0 saturated heterocycles. The van der Waals surface area contributed by atoms with Gasteiger partial charge in [-0.1, -0.05) is 65.9 Å². The fourth-order valence-corrected chi connectivity index (χ4v) is 4.07. The normalized spacial score (nSPS) is 11.8. The van der Waals surface area contributed by atoms with Crippen molar-refractivity contribution in [3.8, 4) is 11.4 Å². The van der Waals surface area contributed by atoms with E-state index >= 15 is 0 Å². The summed E-state index contributed by atoms with van der Waals surface area (Å²) in [6.07, 6.45) is 0.466. The first-order valence-electron chi connectivity index (χ1n) is 10.4. The highest BCUT2D eigenvalue weighted by Gasteiger charge is 2.20. The van der Waals surface area contributed by atoms with Crippen LogP contribution in [0.4, 0.5) is 0 Å². The van der Waals surface area contributed by atoms with Gasteiger partial charge in [0.05, 0.1) is 24.9 Å². The summed E-state index contributed by atoms with van der Waals surface area (Å²) in [5, 5.41) is 12.1. The van der Waals surface area contributed by atoms with Crippen LogP contribution in [0.5, 0.6) is 0 Å². The highest BCUT2D eigenvalue weighted by molar-refractivity contribution is 7.99. The molecule has 8 heteroatoms. The van der Waals surface area contributed by atoms with Crippen molar-refractivity contribution < 1.29 is 14.3 Å². The number of carbonyl (C=O) groups excluding carboxylic acids is 2. The minimum atomic E-state index is -0.556. The van der Waals surface area contributed by atoms with Crippen molar-refractivity contribution in [2.75, 3.05) is 19.5 Å². The predicted molar refractivity (Wildman–Crippen MR) is 126 cm³/mol. The van der Waals surface area contributed by atoms with Gasteiger partial charge in [-0.3, -0.25) is 14.2 Å². The van der Waals surface area contributed by atoms with Crippen molar-refractivity contribution in [3.63, 3.8) is 0 Å². The first-order valence-corrected chi connectivity index (χ1v) is 11.4. The van der Waals surface area contributed by atoms with Crippen LogP contribution in [0.15, 0.2) is 59.8 Å². The molecule has 1 aromatic heterocycles. The maximum atomic E-state index is 12.6. The Labute approximate surface area is 192 Å². The topological polar surface area (TPSA) is 86.1 Å². The van der Waals surface area contributed by atoms with Gasteiger partial charge in [-0.15, -0.1) is 10.2 Å². The monoisotopic (exact) mass is 452 g/mol. The quantitative estimate of drug-likeness (QED) is 0.449. The van der Waals surface area contributed by atoms with Gasteiger partial charge < -0.3 is 10.1 Å². The fraction of sp³-hybridized carbons (Fsp3) is 0.333.